The maximum absolute atomic E-state index is 12.8. The number of carbonyl (C=O) groups is 1. The number of likely N-dealkylation sites (tertiary alicyclic amines) is 1. The van der Waals surface area contributed by atoms with Crippen LogP contribution < -0.4 is 9.80 Å². The van der Waals surface area contributed by atoms with Crippen molar-refractivity contribution in [3.8, 4) is 0 Å². The molecule has 3 heterocycles. The molecule has 0 radical (unpaired) electrons. The average molecular weight is 385 g/mol. The maximum atomic E-state index is 12.8. The topological polar surface area (TPSA) is 39.7 Å². The summed E-state index contributed by atoms with van der Waals surface area (Å²) in [5, 5.41) is 0.764. The minimum Gasteiger partial charge on any atom is -0.368 e. The number of hydrogen-bond donors (Lipinski definition) is 0. The predicted octanol–water partition coefficient (Wildman–Crippen LogP) is 3.69. The standard InChI is InChI=1S/C21H25ClN4O/c22-18-5-4-6-19(16-18)24-11-13-25(14-12-24)20-15-17(7-8-23-20)21(27)26-9-2-1-3-10-26/h4-8,15-16H,1-3,9-14H2. The normalized spacial score (nSPS) is 17.9. The van der Waals surface area contributed by atoms with Crippen LogP contribution in [0.5, 0.6) is 0 Å². The van der Waals surface area contributed by atoms with E-state index in [0.717, 1.165) is 74.2 Å². The number of halogens is 1. The molecule has 1 amide bonds. The van der Waals surface area contributed by atoms with E-state index in [1.807, 2.05) is 35.2 Å². The number of benzene rings is 1. The molecule has 1 aromatic heterocycles. The summed E-state index contributed by atoms with van der Waals surface area (Å²) in [5.41, 5.74) is 1.91. The molecule has 0 unspecified atom stereocenters. The summed E-state index contributed by atoms with van der Waals surface area (Å²) in [6, 6.07) is 11.8. The van der Waals surface area contributed by atoms with Crippen LogP contribution in [0.25, 0.3) is 0 Å². The smallest absolute Gasteiger partial charge is 0.254 e. The lowest BCUT2D eigenvalue weighted by Crippen LogP contribution is -2.47. The first-order valence-electron chi connectivity index (χ1n) is 9.71. The second kappa shape index (κ2) is 8.17. The molecule has 1 aromatic carbocycles. The average Bonchev–Trinajstić information content (AvgIpc) is 2.74. The predicted molar refractivity (Wildman–Crippen MR) is 110 cm³/mol. The van der Waals surface area contributed by atoms with Gasteiger partial charge >= 0.3 is 0 Å². The lowest BCUT2D eigenvalue weighted by atomic mass is 10.1. The molecule has 5 nitrogen and oxygen atoms in total. The Balaban J connectivity index is 1.42. The highest BCUT2D eigenvalue weighted by molar-refractivity contribution is 6.30. The quantitative estimate of drug-likeness (QED) is 0.809. The molecule has 27 heavy (non-hydrogen) atoms. The van der Waals surface area contributed by atoms with Crippen LogP contribution in [0.2, 0.25) is 5.02 Å². The van der Waals surface area contributed by atoms with Gasteiger partial charge in [-0.05, 0) is 49.6 Å². The van der Waals surface area contributed by atoms with E-state index in [2.05, 4.69) is 20.9 Å². The van der Waals surface area contributed by atoms with Gasteiger partial charge in [-0.3, -0.25) is 4.79 Å². The first-order chi connectivity index (χ1) is 13.2. The van der Waals surface area contributed by atoms with Gasteiger partial charge in [0.25, 0.3) is 5.91 Å². The number of rotatable bonds is 3. The highest BCUT2D eigenvalue weighted by Crippen LogP contribution is 2.23. The molecule has 142 valence electrons. The summed E-state index contributed by atoms with van der Waals surface area (Å²) in [4.78, 5) is 23.8. The van der Waals surface area contributed by atoms with Crippen LogP contribution in [-0.2, 0) is 0 Å². The SMILES string of the molecule is O=C(c1ccnc(N2CCN(c3cccc(Cl)c3)CC2)c1)N1CCCCC1. The van der Waals surface area contributed by atoms with Crippen molar-refractivity contribution in [2.75, 3.05) is 49.1 Å². The number of nitrogens with zero attached hydrogens (tertiary/aromatic N) is 4. The molecule has 0 aliphatic carbocycles. The summed E-state index contributed by atoms with van der Waals surface area (Å²) in [6.07, 6.45) is 5.20. The zero-order valence-corrected chi connectivity index (χ0v) is 16.2. The van der Waals surface area contributed by atoms with Gasteiger partial charge in [-0.1, -0.05) is 17.7 Å². The number of pyridine rings is 1. The fourth-order valence-corrected chi connectivity index (χ4v) is 4.06. The lowest BCUT2D eigenvalue weighted by molar-refractivity contribution is 0.0724. The van der Waals surface area contributed by atoms with Crippen molar-refractivity contribution in [1.29, 1.82) is 0 Å². The highest BCUT2D eigenvalue weighted by Gasteiger charge is 2.22. The van der Waals surface area contributed by atoms with Crippen LogP contribution in [0.1, 0.15) is 29.6 Å². The number of hydrogen-bond acceptors (Lipinski definition) is 4. The summed E-state index contributed by atoms with van der Waals surface area (Å²) in [7, 11) is 0. The van der Waals surface area contributed by atoms with Crippen LogP contribution in [0.4, 0.5) is 11.5 Å². The molecule has 4 rings (SSSR count). The second-order valence-electron chi connectivity index (χ2n) is 7.21. The van der Waals surface area contributed by atoms with E-state index in [1.165, 1.54) is 6.42 Å². The van der Waals surface area contributed by atoms with Crippen molar-refractivity contribution < 1.29 is 4.79 Å². The van der Waals surface area contributed by atoms with Gasteiger partial charge in [0.1, 0.15) is 5.82 Å². The lowest BCUT2D eigenvalue weighted by Gasteiger charge is -2.37. The molecule has 2 fully saturated rings. The molecular weight excluding hydrogens is 360 g/mol. The monoisotopic (exact) mass is 384 g/mol. The Bertz CT molecular complexity index is 798. The van der Waals surface area contributed by atoms with Gasteiger partial charge in [0, 0.05) is 61.7 Å². The van der Waals surface area contributed by atoms with Gasteiger partial charge in [0.15, 0.2) is 0 Å². The Hall–Kier alpha value is -2.27. The van der Waals surface area contributed by atoms with E-state index in [-0.39, 0.29) is 5.91 Å². The zero-order valence-electron chi connectivity index (χ0n) is 15.5. The van der Waals surface area contributed by atoms with Crippen molar-refractivity contribution in [3.63, 3.8) is 0 Å². The summed E-state index contributed by atoms with van der Waals surface area (Å²) in [6.45, 7) is 5.31. The molecule has 2 aliphatic rings. The van der Waals surface area contributed by atoms with Crippen molar-refractivity contribution in [2.24, 2.45) is 0 Å². The second-order valence-corrected chi connectivity index (χ2v) is 7.65. The number of piperidine rings is 1. The molecule has 0 saturated carbocycles. The maximum Gasteiger partial charge on any atom is 0.254 e. The third-order valence-corrected chi connectivity index (χ3v) is 5.65. The van der Waals surface area contributed by atoms with E-state index < -0.39 is 0 Å². The van der Waals surface area contributed by atoms with E-state index >= 15 is 0 Å². The van der Waals surface area contributed by atoms with E-state index in [9.17, 15) is 4.79 Å². The van der Waals surface area contributed by atoms with Gasteiger partial charge in [0.2, 0.25) is 0 Å². The van der Waals surface area contributed by atoms with Gasteiger partial charge in [-0.2, -0.15) is 0 Å². The largest absolute Gasteiger partial charge is 0.368 e. The third kappa shape index (κ3) is 4.19. The molecule has 2 saturated heterocycles. The number of piperazine rings is 1. The molecule has 2 aromatic rings. The van der Waals surface area contributed by atoms with Crippen LogP contribution in [-0.4, -0.2) is 55.1 Å². The first-order valence-corrected chi connectivity index (χ1v) is 10.1. The van der Waals surface area contributed by atoms with E-state index in [1.54, 1.807) is 6.20 Å². The Morgan fingerprint density at radius 1 is 0.889 bits per heavy atom. The molecule has 6 heteroatoms. The summed E-state index contributed by atoms with van der Waals surface area (Å²) in [5.74, 6) is 1.03. The van der Waals surface area contributed by atoms with Crippen molar-refractivity contribution in [1.82, 2.24) is 9.88 Å². The van der Waals surface area contributed by atoms with Crippen LogP contribution >= 0.6 is 11.6 Å². The summed E-state index contributed by atoms with van der Waals surface area (Å²) >= 11 is 6.12. The minimum atomic E-state index is 0.135. The molecular formula is C21H25ClN4O. The van der Waals surface area contributed by atoms with Gasteiger partial charge in [-0.15, -0.1) is 0 Å². The summed E-state index contributed by atoms with van der Waals surface area (Å²) < 4.78 is 0. The Labute approximate surface area is 165 Å². The number of anilines is 2. The van der Waals surface area contributed by atoms with Crippen molar-refractivity contribution >= 4 is 29.0 Å². The van der Waals surface area contributed by atoms with E-state index in [0.29, 0.717) is 0 Å². The fourth-order valence-electron chi connectivity index (χ4n) is 3.87. The molecule has 0 bridgehead atoms. The van der Waals surface area contributed by atoms with Crippen molar-refractivity contribution in [3.05, 3.63) is 53.2 Å². The van der Waals surface area contributed by atoms with Gasteiger partial charge < -0.3 is 14.7 Å². The van der Waals surface area contributed by atoms with E-state index in [4.69, 9.17) is 11.6 Å². The van der Waals surface area contributed by atoms with Crippen LogP contribution in [0.15, 0.2) is 42.6 Å². The number of amides is 1. The minimum absolute atomic E-state index is 0.135. The fraction of sp³-hybridized carbons (Fsp3) is 0.429. The zero-order chi connectivity index (χ0) is 18.6. The Kier molecular flexibility index (Phi) is 5.48. The van der Waals surface area contributed by atoms with Gasteiger partial charge in [-0.25, -0.2) is 4.98 Å². The first kappa shape index (κ1) is 18.1. The van der Waals surface area contributed by atoms with Gasteiger partial charge in [0.05, 0.1) is 0 Å². The Morgan fingerprint density at radius 3 is 2.37 bits per heavy atom. The molecule has 0 N–H and O–H groups in total. The number of carbonyl (C=O) groups excluding carboxylic acids is 1. The van der Waals surface area contributed by atoms with Crippen LogP contribution in [0, 0.1) is 0 Å². The highest BCUT2D eigenvalue weighted by atomic mass is 35.5. The molecule has 0 atom stereocenters. The molecule has 0 spiro atoms. The third-order valence-electron chi connectivity index (χ3n) is 5.41. The van der Waals surface area contributed by atoms with Crippen LogP contribution in [0.3, 0.4) is 0 Å². The number of aromatic nitrogens is 1. The van der Waals surface area contributed by atoms with Crippen molar-refractivity contribution in [2.45, 2.75) is 19.3 Å². The molecule has 2 aliphatic heterocycles. The Morgan fingerprint density at radius 2 is 1.63 bits per heavy atom.